The number of carbonyl (C=O) groups excluding carboxylic acids is 2. The van der Waals surface area contributed by atoms with Crippen molar-refractivity contribution in [3.8, 4) is 17.6 Å². The maximum Gasteiger partial charge on any atom is 0.342 e. The number of benzene rings is 1. The van der Waals surface area contributed by atoms with Crippen LogP contribution in [0.1, 0.15) is 40.6 Å². The molecule has 2 rings (SSSR count). The van der Waals surface area contributed by atoms with E-state index >= 15 is 0 Å². The molecule has 0 unspecified atom stereocenters. The lowest BCUT2D eigenvalue weighted by Crippen LogP contribution is -2.13. The largest absolute Gasteiger partial charge is 0.493 e. The summed E-state index contributed by atoms with van der Waals surface area (Å²) in [5.74, 6) is 0.327. The molecule has 1 amide bonds. The van der Waals surface area contributed by atoms with Crippen LogP contribution in [0.15, 0.2) is 22.6 Å². The molecule has 0 aliphatic rings. The number of rotatable bonds is 8. The van der Waals surface area contributed by atoms with E-state index in [2.05, 4.69) is 10.1 Å². The van der Waals surface area contributed by atoms with Crippen LogP contribution in [-0.4, -0.2) is 32.7 Å². The zero-order valence-electron chi connectivity index (χ0n) is 16.3. The number of ether oxygens (including phenoxy) is 3. The summed E-state index contributed by atoms with van der Waals surface area (Å²) < 4.78 is 20.8. The van der Waals surface area contributed by atoms with Gasteiger partial charge in [0.05, 0.1) is 20.8 Å². The first-order chi connectivity index (χ1) is 13.4. The maximum absolute atomic E-state index is 12.3. The summed E-state index contributed by atoms with van der Waals surface area (Å²) in [4.78, 5) is 24.1. The van der Waals surface area contributed by atoms with Crippen molar-refractivity contribution < 1.29 is 28.2 Å². The monoisotopic (exact) mass is 386 g/mol. The fourth-order valence-electron chi connectivity index (χ4n) is 2.68. The molecule has 0 aliphatic heterocycles. The molecule has 148 valence electrons. The molecule has 0 aliphatic carbocycles. The molecule has 8 heteroatoms. The highest BCUT2D eigenvalue weighted by Gasteiger charge is 2.25. The van der Waals surface area contributed by atoms with Crippen LogP contribution in [0, 0.1) is 18.3 Å². The van der Waals surface area contributed by atoms with E-state index in [0.29, 0.717) is 24.5 Å². The van der Waals surface area contributed by atoms with E-state index in [4.69, 9.17) is 13.9 Å². The van der Waals surface area contributed by atoms with E-state index in [1.54, 1.807) is 13.2 Å². The summed E-state index contributed by atoms with van der Waals surface area (Å²) in [5, 5.41) is 11.9. The number of methoxy groups -OCH3 is 2. The predicted octanol–water partition coefficient (Wildman–Crippen LogP) is 3.22. The van der Waals surface area contributed by atoms with Gasteiger partial charge in [-0.15, -0.1) is 0 Å². The fraction of sp³-hybridized carbons (Fsp3) is 0.350. The van der Waals surface area contributed by atoms with Gasteiger partial charge in [0.1, 0.15) is 23.0 Å². The highest BCUT2D eigenvalue weighted by atomic mass is 16.5. The number of carbonyl (C=O) groups is 2. The van der Waals surface area contributed by atoms with Crippen molar-refractivity contribution in [2.75, 3.05) is 26.1 Å². The molecule has 0 bridgehead atoms. The number of esters is 1. The Morgan fingerprint density at radius 1 is 1.25 bits per heavy atom. The molecule has 0 radical (unpaired) electrons. The number of nitrogens with zero attached hydrogens (tertiary/aromatic N) is 1. The van der Waals surface area contributed by atoms with E-state index in [9.17, 15) is 14.9 Å². The number of hydrogen-bond donors (Lipinski definition) is 1. The Kier molecular flexibility index (Phi) is 7.04. The highest BCUT2D eigenvalue weighted by Crippen LogP contribution is 2.29. The Bertz CT molecular complexity index is 910. The van der Waals surface area contributed by atoms with Crippen molar-refractivity contribution >= 4 is 17.8 Å². The Hall–Kier alpha value is -3.47. The van der Waals surface area contributed by atoms with Crippen molar-refractivity contribution in [1.82, 2.24) is 0 Å². The van der Waals surface area contributed by atoms with Crippen molar-refractivity contribution in [1.29, 1.82) is 5.26 Å². The second-order valence-electron chi connectivity index (χ2n) is 5.81. The molecule has 0 saturated heterocycles. The minimum Gasteiger partial charge on any atom is -0.493 e. The molecule has 0 atom stereocenters. The van der Waals surface area contributed by atoms with Gasteiger partial charge >= 0.3 is 5.97 Å². The van der Waals surface area contributed by atoms with Crippen LogP contribution in [0.4, 0.5) is 5.88 Å². The number of aryl methyl sites for hydroxylation is 2. The molecule has 1 aromatic heterocycles. The van der Waals surface area contributed by atoms with Gasteiger partial charge in [0.25, 0.3) is 0 Å². The zero-order valence-corrected chi connectivity index (χ0v) is 16.3. The van der Waals surface area contributed by atoms with E-state index in [0.717, 1.165) is 5.56 Å². The Morgan fingerprint density at radius 3 is 2.61 bits per heavy atom. The fourth-order valence-corrected chi connectivity index (χ4v) is 2.68. The molecule has 1 heterocycles. The van der Waals surface area contributed by atoms with E-state index in [1.807, 2.05) is 25.1 Å². The van der Waals surface area contributed by atoms with Crippen molar-refractivity contribution in [3.05, 3.63) is 40.6 Å². The number of anilines is 1. The molecule has 0 fully saturated rings. The van der Waals surface area contributed by atoms with Gasteiger partial charge in [0.15, 0.2) is 11.5 Å². The summed E-state index contributed by atoms with van der Waals surface area (Å²) in [5.41, 5.74) is 0.846. The molecule has 8 nitrogen and oxygen atoms in total. The summed E-state index contributed by atoms with van der Waals surface area (Å²) in [6, 6.07) is 7.33. The standard InChI is InChI=1S/C20H22N2O6/c1-5-27-15-8-6-13(10-16(15)25-3)7-9-17(23)22-19-14(11-21)18(12(2)28-19)20(24)26-4/h6,8,10H,5,7,9H2,1-4H3,(H,22,23). The van der Waals surface area contributed by atoms with Crippen LogP contribution >= 0.6 is 0 Å². The number of amides is 1. The van der Waals surface area contributed by atoms with E-state index in [-0.39, 0.29) is 35.1 Å². The van der Waals surface area contributed by atoms with Gasteiger partial charge < -0.3 is 18.6 Å². The molecule has 1 aromatic carbocycles. The normalized spacial score (nSPS) is 10.1. The third kappa shape index (κ3) is 4.62. The predicted molar refractivity (Wildman–Crippen MR) is 101 cm³/mol. The topological polar surface area (TPSA) is 111 Å². The molecule has 2 aromatic rings. The van der Waals surface area contributed by atoms with Gasteiger partial charge in [-0.05, 0) is 38.0 Å². The summed E-state index contributed by atoms with van der Waals surface area (Å²) in [7, 11) is 2.76. The second-order valence-corrected chi connectivity index (χ2v) is 5.81. The minimum absolute atomic E-state index is 0.0107. The minimum atomic E-state index is -0.695. The lowest BCUT2D eigenvalue weighted by atomic mass is 10.1. The molecular weight excluding hydrogens is 364 g/mol. The first-order valence-corrected chi connectivity index (χ1v) is 8.66. The number of nitrogens with one attached hydrogen (secondary N) is 1. The van der Waals surface area contributed by atoms with E-state index < -0.39 is 5.97 Å². The summed E-state index contributed by atoms with van der Waals surface area (Å²) >= 11 is 0. The molecule has 0 saturated carbocycles. The number of hydrogen-bond acceptors (Lipinski definition) is 7. The van der Waals surface area contributed by atoms with Gasteiger partial charge in [-0.3, -0.25) is 10.1 Å². The lowest BCUT2D eigenvalue weighted by Gasteiger charge is -2.11. The first-order valence-electron chi connectivity index (χ1n) is 8.66. The third-order valence-electron chi connectivity index (χ3n) is 4.01. The Morgan fingerprint density at radius 2 is 2.00 bits per heavy atom. The van der Waals surface area contributed by atoms with Gasteiger partial charge in [-0.1, -0.05) is 6.07 Å². The van der Waals surface area contributed by atoms with Gasteiger partial charge in [0.2, 0.25) is 11.8 Å². The molecule has 1 N–H and O–H groups in total. The van der Waals surface area contributed by atoms with E-state index in [1.165, 1.54) is 14.0 Å². The van der Waals surface area contributed by atoms with Crippen LogP contribution < -0.4 is 14.8 Å². The van der Waals surface area contributed by atoms with Crippen molar-refractivity contribution in [2.24, 2.45) is 0 Å². The second kappa shape index (κ2) is 9.46. The summed E-state index contributed by atoms with van der Waals surface area (Å²) in [6.07, 6.45) is 0.593. The molecular formula is C20H22N2O6. The maximum atomic E-state index is 12.3. The lowest BCUT2D eigenvalue weighted by molar-refractivity contribution is -0.116. The summed E-state index contributed by atoms with van der Waals surface area (Å²) in [6.45, 7) is 3.93. The Balaban J connectivity index is 2.08. The smallest absolute Gasteiger partial charge is 0.342 e. The quantitative estimate of drug-likeness (QED) is 0.693. The van der Waals surface area contributed by atoms with Crippen LogP contribution in [-0.2, 0) is 16.0 Å². The first kappa shape index (κ1) is 20.8. The van der Waals surface area contributed by atoms with Gasteiger partial charge in [-0.25, -0.2) is 4.79 Å². The van der Waals surface area contributed by atoms with Crippen LogP contribution in [0.5, 0.6) is 11.5 Å². The van der Waals surface area contributed by atoms with Crippen LogP contribution in [0.25, 0.3) is 0 Å². The molecule has 28 heavy (non-hydrogen) atoms. The van der Waals surface area contributed by atoms with Crippen LogP contribution in [0.3, 0.4) is 0 Å². The highest BCUT2D eigenvalue weighted by molar-refractivity contribution is 5.98. The molecule has 0 spiro atoms. The number of nitriles is 1. The van der Waals surface area contributed by atoms with Gasteiger partial charge in [-0.2, -0.15) is 5.26 Å². The van der Waals surface area contributed by atoms with Crippen molar-refractivity contribution in [3.63, 3.8) is 0 Å². The van der Waals surface area contributed by atoms with Gasteiger partial charge in [0, 0.05) is 6.42 Å². The Labute approximate surface area is 163 Å². The zero-order chi connectivity index (χ0) is 20.7. The van der Waals surface area contributed by atoms with Crippen LogP contribution in [0.2, 0.25) is 0 Å². The van der Waals surface area contributed by atoms with Crippen molar-refractivity contribution in [2.45, 2.75) is 26.7 Å². The number of furan rings is 1. The SMILES string of the molecule is CCOc1ccc(CCC(=O)Nc2oc(C)c(C(=O)OC)c2C#N)cc1OC. The third-order valence-corrected chi connectivity index (χ3v) is 4.01. The average molecular weight is 386 g/mol. The average Bonchev–Trinajstić information content (AvgIpc) is 3.01.